The topological polar surface area (TPSA) is 58.6 Å². The second kappa shape index (κ2) is 9.04. The van der Waals surface area contributed by atoms with Crippen molar-refractivity contribution in [1.29, 1.82) is 0 Å². The molecular weight excluding hydrogens is 386 g/mol. The molecule has 2 aromatic carbocycles. The fourth-order valence-corrected chi connectivity index (χ4v) is 4.55. The SMILES string of the molecule is Cc1c(CCO)c2c(c(C)c1NC(=O)CC(C)(C)C)C(c1ccc(C(C)C)cc1)CO2. The molecule has 1 amide bonds. The van der Waals surface area contributed by atoms with Gasteiger partial charge in [-0.1, -0.05) is 58.9 Å². The van der Waals surface area contributed by atoms with Crippen molar-refractivity contribution in [1.82, 2.24) is 0 Å². The lowest BCUT2D eigenvalue weighted by atomic mass is 9.84. The molecule has 1 heterocycles. The van der Waals surface area contributed by atoms with E-state index in [9.17, 15) is 9.90 Å². The molecule has 4 nitrogen and oxygen atoms in total. The van der Waals surface area contributed by atoms with E-state index in [1.54, 1.807) is 0 Å². The van der Waals surface area contributed by atoms with Gasteiger partial charge in [-0.25, -0.2) is 0 Å². The van der Waals surface area contributed by atoms with E-state index in [-0.39, 0.29) is 23.8 Å². The van der Waals surface area contributed by atoms with Crippen molar-refractivity contribution in [2.24, 2.45) is 5.41 Å². The first-order valence-electron chi connectivity index (χ1n) is 11.3. The molecule has 0 aromatic heterocycles. The monoisotopic (exact) mass is 423 g/mol. The highest BCUT2D eigenvalue weighted by molar-refractivity contribution is 5.93. The number of anilines is 1. The van der Waals surface area contributed by atoms with Gasteiger partial charge in [-0.15, -0.1) is 0 Å². The van der Waals surface area contributed by atoms with Crippen LogP contribution < -0.4 is 10.1 Å². The number of amides is 1. The molecular formula is C27H37NO3. The van der Waals surface area contributed by atoms with Crippen molar-refractivity contribution in [3.05, 3.63) is 57.6 Å². The molecule has 4 heteroatoms. The van der Waals surface area contributed by atoms with Gasteiger partial charge >= 0.3 is 0 Å². The number of aliphatic hydroxyl groups is 1. The lowest BCUT2D eigenvalue weighted by Crippen LogP contribution is -2.21. The van der Waals surface area contributed by atoms with Crippen LogP contribution in [0.2, 0.25) is 0 Å². The van der Waals surface area contributed by atoms with Gasteiger partial charge in [-0.2, -0.15) is 0 Å². The molecule has 0 aliphatic carbocycles. The van der Waals surface area contributed by atoms with Crippen LogP contribution in [0.1, 0.15) is 86.3 Å². The minimum absolute atomic E-state index is 0.0188. The summed E-state index contributed by atoms with van der Waals surface area (Å²) in [6, 6.07) is 8.78. The number of aliphatic hydroxyl groups excluding tert-OH is 1. The first-order chi connectivity index (χ1) is 14.5. The summed E-state index contributed by atoms with van der Waals surface area (Å²) in [5.74, 6) is 1.51. The molecule has 168 valence electrons. The Bertz CT molecular complexity index is 952. The van der Waals surface area contributed by atoms with E-state index in [2.05, 4.69) is 71.1 Å². The molecule has 0 radical (unpaired) electrons. The summed E-state index contributed by atoms with van der Waals surface area (Å²) in [5.41, 5.74) is 7.51. The summed E-state index contributed by atoms with van der Waals surface area (Å²) in [5, 5.41) is 12.9. The lowest BCUT2D eigenvalue weighted by Gasteiger charge is -2.23. The number of benzene rings is 2. The van der Waals surface area contributed by atoms with Crippen LogP contribution >= 0.6 is 0 Å². The Morgan fingerprint density at radius 1 is 1.16 bits per heavy atom. The van der Waals surface area contributed by atoms with E-state index in [1.165, 1.54) is 11.1 Å². The molecule has 0 saturated heterocycles. The fraction of sp³-hybridized carbons (Fsp3) is 0.519. The maximum Gasteiger partial charge on any atom is 0.224 e. The number of hydrogen-bond acceptors (Lipinski definition) is 3. The molecule has 31 heavy (non-hydrogen) atoms. The van der Waals surface area contributed by atoms with Crippen LogP contribution in [-0.2, 0) is 11.2 Å². The molecule has 2 aromatic rings. The third-order valence-electron chi connectivity index (χ3n) is 6.19. The molecule has 0 fully saturated rings. The lowest BCUT2D eigenvalue weighted by molar-refractivity contribution is -0.117. The zero-order chi connectivity index (χ0) is 22.9. The first kappa shape index (κ1) is 23.3. The molecule has 3 rings (SSSR count). The third kappa shape index (κ3) is 4.95. The van der Waals surface area contributed by atoms with Gasteiger partial charge in [0.15, 0.2) is 0 Å². The van der Waals surface area contributed by atoms with Crippen LogP contribution in [0.5, 0.6) is 5.75 Å². The zero-order valence-electron chi connectivity index (χ0n) is 20.1. The van der Waals surface area contributed by atoms with Crippen LogP contribution in [0.25, 0.3) is 0 Å². The predicted octanol–water partition coefficient (Wildman–Crippen LogP) is 5.86. The molecule has 1 aliphatic rings. The van der Waals surface area contributed by atoms with Crippen LogP contribution in [-0.4, -0.2) is 24.2 Å². The number of hydrogen-bond donors (Lipinski definition) is 2. The maximum atomic E-state index is 12.8. The second-order valence-corrected chi connectivity index (χ2v) is 10.3. The van der Waals surface area contributed by atoms with Crippen LogP contribution in [0.3, 0.4) is 0 Å². The van der Waals surface area contributed by atoms with Gasteiger partial charge in [-0.05, 0) is 53.9 Å². The van der Waals surface area contributed by atoms with E-state index in [1.807, 2.05) is 6.92 Å². The molecule has 2 N–H and O–H groups in total. The van der Waals surface area contributed by atoms with Crippen molar-refractivity contribution in [2.75, 3.05) is 18.5 Å². The smallest absolute Gasteiger partial charge is 0.224 e. The summed E-state index contributed by atoms with van der Waals surface area (Å²) >= 11 is 0. The summed E-state index contributed by atoms with van der Waals surface area (Å²) < 4.78 is 6.21. The summed E-state index contributed by atoms with van der Waals surface area (Å²) in [6.45, 7) is 15.3. The Morgan fingerprint density at radius 3 is 2.35 bits per heavy atom. The highest BCUT2D eigenvalue weighted by Crippen LogP contribution is 2.47. The van der Waals surface area contributed by atoms with Gasteiger partial charge in [0.05, 0.1) is 6.61 Å². The average molecular weight is 424 g/mol. The van der Waals surface area contributed by atoms with Crippen LogP contribution in [0.4, 0.5) is 5.69 Å². The van der Waals surface area contributed by atoms with E-state index < -0.39 is 0 Å². The Morgan fingerprint density at radius 2 is 1.81 bits per heavy atom. The Hall–Kier alpha value is -2.33. The minimum atomic E-state index is -0.0830. The average Bonchev–Trinajstić information content (AvgIpc) is 3.12. The van der Waals surface area contributed by atoms with Crippen LogP contribution in [0, 0.1) is 19.3 Å². The first-order valence-corrected chi connectivity index (χ1v) is 11.3. The molecule has 0 spiro atoms. The second-order valence-electron chi connectivity index (χ2n) is 10.3. The van der Waals surface area contributed by atoms with Crippen molar-refractivity contribution in [2.45, 2.75) is 73.1 Å². The number of fused-ring (bicyclic) bond motifs is 1. The molecule has 1 aliphatic heterocycles. The van der Waals surface area contributed by atoms with Gasteiger partial charge in [0.1, 0.15) is 5.75 Å². The Labute approximate surface area is 187 Å². The van der Waals surface area contributed by atoms with Crippen molar-refractivity contribution in [3.63, 3.8) is 0 Å². The Kier molecular flexibility index (Phi) is 6.80. The number of nitrogens with one attached hydrogen (secondary N) is 1. The summed E-state index contributed by atoms with van der Waals surface area (Å²) in [6.07, 6.45) is 0.963. The van der Waals surface area contributed by atoms with E-state index in [4.69, 9.17) is 4.74 Å². The van der Waals surface area contributed by atoms with Crippen LogP contribution in [0.15, 0.2) is 24.3 Å². The Balaban J connectivity index is 2.06. The van der Waals surface area contributed by atoms with Crippen molar-refractivity contribution in [3.8, 4) is 5.75 Å². The fourth-order valence-electron chi connectivity index (χ4n) is 4.55. The predicted molar refractivity (Wildman–Crippen MR) is 127 cm³/mol. The van der Waals surface area contributed by atoms with E-state index in [0.29, 0.717) is 25.4 Å². The number of rotatable bonds is 6. The summed E-state index contributed by atoms with van der Waals surface area (Å²) in [7, 11) is 0. The van der Waals surface area contributed by atoms with E-state index >= 15 is 0 Å². The summed E-state index contributed by atoms with van der Waals surface area (Å²) in [4.78, 5) is 12.8. The molecule has 0 saturated carbocycles. The maximum absolute atomic E-state index is 12.8. The van der Waals surface area contributed by atoms with Gasteiger partial charge < -0.3 is 15.2 Å². The zero-order valence-corrected chi connectivity index (χ0v) is 20.1. The number of carbonyl (C=O) groups excluding carboxylic acids is 1. The minimum Gasteiger partial charge on any atom is -0.492 e. The van der Waals surface area contributed by atoms with E-state index in [0.717, 1.165) is 33.7 Å². The highest BCUT2D eigenvalue weighted by atomic mass is 16.5. The molecule has 1 unspecified atom stereocenters. The quantitative estimate of drug-likeness (QED) is 0.612. The van der Waals surface area contributed by atoms with Crippen molar-refractivity contribution < 1.29 is 14.6 Å². The largest absolute Gasteiger partial charge is 0.492 e. The van der Waals surface area contributed by atoms with Gasteiger partial charge in [-0.3, -0.25) is 4.79 Å². The number of ether oxygens (including phenoxy) is 1. The molecule has 1 atom stereocenters. The standard InChI is InChI=1S/C27H37NO3/c1-16(2)19-8-10-20(11-9-19)22-15-31-26-21(12-13-29)17(3)25(18(4)24(22)26)28-23(30)14-27(5,6)7/h8-11,16,22,29H,12-15H2,1-7H3,(H,28,30). The third-order valence-corrected chi connectivity index (χ3v) is 6.19. The van der Waals surface area contributed by atoms with Crippen molar-refractivity contribution >= 4 is 11.6 Å². The van der Waals surface area contributed by atoms with Gasteiger partial charge in [0.2, 0.25) is 5.91 Å². The normalized spacial score (nSPS) is 15.7. The molecule has 0 bridgehead atoms. The van der Waals surface area contributed by atoms with Gasteiger partial charge in [0.25, 0.3) is 0 Å². The highest BCUT2D eigenvalue weighted by Gasteiger charge is 2.33. The van der Waals surface area contributed by atoms with Gasteiger partial charge in [0, 0.05) is 35.8 Å². The number of carbonyl (C=O) groups is 1.